The van der Waals surface area contributed by atoms with Crippen LogP contribution in [-0.2, 0) is 4.74 Å². The van der Waals surface area contributed by atoms with Gasteiger partial charge in [0.1, 0.15) is 11.2 Å². The van der Waals surface area contributed by atoms with E-state index in [1.54, 1.807) is 16.9 Å². The van der Waals surface area contributed by atoms with E-state index in [0.29, 0.717) is 24.3 Å². The molecule has 0 bridgehead atoms. The number of amides is 2. The van der Waals surface area contributed by atoms with Crippen molar-refractivity contribution < 1.29 is 14.3 Å². The highest BCUT2D eigenvalue weighted by molar-refractivity contribution is 6.00. The Hall–Kier alpha value is -3.42. The van der Waals surface area contributed by atoms with Crippen molar-refractivity contribution in [1.29, 1.82) is 0 Å². The topological polar surface area (TPSA) is 80.0 Å². The smallest absolute Gasteiger partial charge is 0.410 e. The van der Waals surface area contributed by atoms with Crippen LogP contribution in [0.1, 0.15) is 63.2 Å². The summed E-state index contributed by atoms with van der Waals surface area (Å²) in [6.45, 7) is 6.98. The van der Waals surface area contributed by atoms with E-state index in [1.807, 2.05) is 67.0 Å². The number of fused-ring (bicyclic) bond motifs is 1. The Bertz CT molecular complexity index is 1220. The van der Waals surface area contributed by atoms with Crippen LogP contribution in [0.3, 0.4) is 0 Å². The van der Waals surface area contributed by atoms with Gasteiger partial charge in [-0.1, -0.05) is 30.3 Å². The third-order valence-electron chi connectivity index (χ3n) is 6.88. The molecule has 3 aromatic rings. The predicted octanol–water partition coefficient (Wildman–Crippen LogP) is 4.79. The first-order chi connectivity index (χ1) is 16.8. The molecule has 0 aliphatic carbocycles. The molecule has 5 rings (SSSR count). The number of aromatic nitrogens is 3. The minimum absolute atomic E-state index is 0.0382. The van der Waals surface area contributed by atoms with Gasteiger partial charge in [-0.05, 0) is 58.9 Å². The molecule has 8 heteroatoms. The fraction of sp³-hybridized carbons (Fsp3) is 0.481. The Morgan fingerprint density at radius 1 is 0.943 bits per heavy atom. The molecule has 2 aliphatic heterocycles. The SMILES string of the molecule is CC(C)(C)OC(=O)N1CCC[C@@H]1[C@@H]1CCCCN1C(=O)c1cnn2c(-c3ccccc3)ccnc12. The number of hydrogen-bond donors (Lipinski definition) is 0. The quantitative estimate of drug-likeness (QED) is 0.544. The Morgan fingerprint density at radius 2 is 1.66 bits per heavy atom. The first kappa shape index (κ1) is 23.3. The summed E-state index contributed by atoms with van der Waals surface area (Å²) in [6.07, 6.45) is 7.72. The van der Waals surface area contributed by atoms with Crippen LogP contribution in [0.15, 0.2) is 48.8 Å². The maximum absolute atomic E-state index is 13.9. The second kappa shape index (κ2) is 9.32. The van der Waals surface area contributed by atoms with E-state index < -0.39 is 5.60 Å². The molecule has 2 atom stereocenters. The zero-order chi connectivity index (χ0) is 24.6. The van der Waals surface area contributed by atoms with Crippen LogP contribution in [0.2, 0.25) is 0 Å². The van der Waals surface area contributed by atoms with E-state index in [1.165, 1.54) is 0 Å². The molecule has 4 heterocycles. The molecule has 8 nitrogen and oxygen atoms in total. The number of nitrogens with zero attached hydrogens (tertiary/aromatic N) is 5. The van der Waals surface area contributed by atoms with E-state index in [4.69, 9.17) is 4.74 Å². The van der Waals surface area contributed by atoms with Crippen molar-refractivity contribution >= 4 is 17.6 Å². The first-order valence-corrected chi connectivity index (χ1v) is 12.5. The highest BCUT2D eigenvalue weighted by Crippen LogP contribution is 2.32. The lowest BCUT2D eigenvalue weighted by Crippen LogP contribution is -2.55. The van der Waals surface area contributed by atoms with Gasteiger partial charge in [-0.25, -0.2) is 14.3 Å². The number of benzene rings is 1. The Labute approximate surface area is 205 Å². The minimum atomic E-state index is -0.550. The Kier molecular flexibility index (Phi) is 6.21. The largest absolute Gasteiger partial charge is 0.444 e. The third kappa shape index (κ3) is 4.61. The molecule has 2 amide bonds. The molecule has 0 radical (unpaired) electrons. The van der Waals surface area contributed by atoms with Gasteiger partial charge in [0, 0.05) is 24.8 Å². The van der Waals surface area contributed by atoms with Crippen LogP contribution >= 0.6 is 0 Å². The van der Waals surface area contributed by atoms with Crippen molar-refractivity contribution in [1.82, 2.24) is 24.4 Å². The summed E-state index contributed by atoms with van der Waals surface area (Å²) in [5.41, 5.74) is 2.40. The van der Waals surface area contributed by atoms with Gasteiger partial charge in [0.15, 0.2) is 5.65 Å². The molecule has 0 spiro atoms. The van der Waals surface area contributed by atoms with Gasteiger partial charge in [-0.3, -0.25) is 4.79 Å². The van der Waals surface area contributed by atoms with Gasteiger partial charge in [-0.2, -0.15) is 5.10 Å². The molecule has 2 saturated heterocycles. The average molecular weight is 476 g/mol. The van der Waals surface area contributed by atoms with E-state index in [0.717, 1.165) is 43.4 Å². The van der Waals surface area contributed by atoms with E-state index in [-0.39, 0.29) is 24.1 Å². The van der Waals surface area contributed by atoms with E-state index >= 15 is 0 Å². The Balaban J connectivity index is 1.44. The predicted molar refractivity (Wildman–Crippen MR) is 133 cm³/mol. The summed E-state index contributed by atoms with van der Waals surface area (Å²) < 4.78 is 7.42. The van der Waals surface area contributed by atoms with Crippen molar-refractivity contribution in [2.24, 2.45) is 0 Å². The highest BCUT2D eigenvalue weighted by Gasteiger charge is 2.42. The van der Waals surface area contributed by atoms with Crippen molar-refractivity contribution in [3.05, 3.63) is 54.4 Å². The lowest BCUT2D eigenvalue weighted by atomic mass is 9.93. The fourth-order valence-electron chi connectivity index (χ4n) is 5.37. The van der Waals surface area contributed by atoms with Gasteiger partial charge in [0.25, 0.3) is 5.91 Å². The normalized spacial score (nSPS) is 20.9. The molecule has 35 heavy (non-hydrogen) atoms. The van der Waals surface area contributed by atoms with Crippen LogP contribution in [0.25, 0.3) is 16.9 Å². The molecule has 184 valence electrons. The molecule has 1 aromatic carbocycles. The fourth-order valence-corrected chi connectivity index (χ4v) is 5.37. The van der Waals surface area contributed by atoms with Crippen LogP contribution in [0, 0.1) is 0 Å². The van der Waals surface area contributed by atoms with Crippen molar-refractivity contribution in [2.45, 2.75) is 70.6 Å². The standard InChI is InChI=1S/C27H33N5O3/c1-27(2,3)35-26(34)31-17-9-13-23(31)22-12-7-8-16-30(22)25(33)20-18-29-32-21(14-15-28-24(20)32)19-10-5-4-6-11-19/h4-6,10-11,14-15,18,22-23H,7-9,12-13,16-17H2,1-3H3/t22-,23+/m0/s1. The van der Waals surface area contributed by atoms with Crippen LogP contribution in [-0.4, -0.2) is 67.2 Å². The van der Waals surface area contributed by atoms with E-state index in [9.17, 15) is 9.59 Å². The lowest BCUT2D eigenvalue weighted by molar-refractivity contribution is 0.00768. The van der Waals surface area contributed by atoms with Crippen LogP contribution in [0.4, 0.5) is 4.79 Å². The zero-order valence-electron chi connectivity index (χ0n) is 20.7. The summed E-state index contributed by atoms with van der Waals surface area (Å²) in [6, 6.07) is 11.8. The van der Waals surface area contributed by atoms with Gasteiger partial charge < -0.3 is 14.5 Å². The summed E-state index contributed by atoms with van der Waals surface area (Å²) in [4.78, 5) is 35.1. The number of carbonyl (C=O) groups excluding carboxylic acids is 2. The summed E-state index contributed by atoms with van der Waals surface area (Å²) in [5, 5.41) is 4.54. The highest BCUT2D eigenvalue weighted by atomic mass is 16.6. The third-order valence-corrected chi connectivity index (χ3v) is 6.88. The minimum Gasteiger partial charge on any atom is -0.444 e. The Morgan fingerprint density at radius 3 is 2.43 bits per heavy atom. The number of hydrogen-bond acceptors (Lipinski definition) is 5. The van der Waals surface area contributed by atoms with Crippen molar-refractivity contribution in [2.75, 3.05) is 13.1 Å². The molecule has 0 saturated carbocycles. The van der Waals surface area contributed by atoms with Gasteiger partial charge >= 0.3 is 6.09 Å². The molecular formula is C27H33N5O3. The van der Waals surface area contributed by atoms with Gasteiger partial charge in [0.2, 0.25) is 0 Å². The van der Waals surface area contributed by atoms with Gasteiger partial charge in [-0.15, -0.1) is 0 Å². The number of carbonyl (C=O) groups is 2. The molecular weight excluding hydrogens is 442 g/mol. The second-order valence-electron chi connectivity index (χ2n) is 10.4. The summed E-state index contributed by atoms with van der Waals surface area (Å²) in [7, 11) is 0. The second-order valence-corrected chi connectivity index (χ2v) is 10.4. The number of piperidine rings is 1. The van der Waals surface area contributed by atoms with Crippen LogP contribution < -0.4 is 0 Å². The summed E-state index contributed by atoms with van der Waals surface area (Å²) >= 11 is 0. The van der Waals surface area contributed by atoms with Crippen molar-refractivity contribution in [3.63, 3.8) is 0 Å². The lowest BCUT2D eigenvalue weighted by Gasteiger charge is -2.42. The molecule has 0 N–H and O–H groups in total. The molecule has 0 unspecified atom stereocenters. The first-order valence-electron chi connectivity index (χ1n) is 12.5. The average Bonchev–Trinajstić information content (AvgIpc) is 3.51. The van der Waals surface area contributed by atoms with Gasteiger partial charge in [0.05, 0.1) is 24.0 Å². The van der Waals surface area contributed by atoms with E-state index in [2.05, 4.69) is 10.1 Å². The molecule has 2 aliphatic rings. The monoisotopic (exact) mass is 475 g/mol. The zero-order valence-corrected chi connectivity index (χ0v) is 20.7. The van der Waals surface area contributed by atoms with Crippen LogP contribution in [0.5, 0.6) is 0 Å². The number of rotatable bonds is 3. The summed E-state index contributed by atoms with van der Waals surface area (Å²) in [5.74, 6) is -0.0709. The number of ether oxygens (including phenoxy) is 1. The molecule has 2 fully saturated rings. The maximum Gasteiger partial charge on any atom is 0.410 e. The van der Waals surface area contributed by atoms with Crippen molar-refractivity contribution in [3.8, 4) is 11.3 Å². The molecule has 2 aromatic heterocycles. The maximum atomic E-state index is 13.9. The number of likely N-dealkylation sites (tertiary alicyclic amines) is 2.